The summed E-state index contributed by atoms with van der Waals surface area (Å²) in [6.07, 6.45) is 0. The minimum absolute atomic E-state index is 0.457. The maximum atomic E-state index is 9.71. The van der Waals surface area contributed by atoms with Crippen LogP contribution in [0.4, 0.5) is 0 Å². The van der Waals surface area contributed by atoms with E-state index in [4.69, 9.17) is 4.42 Å². The number of para-hydroxylation sites is 2. The molecule has 0 saturated carbocycles. The maximum absolute atomic E-state index is 9.71. The molecule has 0 atom stereocenters. The maximum Gasteiger partial charge on any atom is 0.488 e. The molecule has 0 unspecified atom stereocenters. The van der Waals surface area contributed by atoms with E-state index in [9.17, 15) is 10.0 Å². The van der Waals surface area contributed by atoms with Gasteiger partial charge in [0.15, 0.2) is 0 Å². The SMILES string of the molecule is OB(O)c1ccc2c3c4oc5ccccc5c4ccc3n(-c3ccccc3)c2c1. The Bertz CT molecular complexity index is 1530. The molecule has 29 heavy (non-hydrogen) atoms. The standard InChI is InChI=1S/C24H16BNO3/c27-25(28)15-10-11-19-21(14-15)26(16-6-2-1-3-7-16)20-13-12-18-17-8-4-5-9-22(17)29-24(18)23(19)20/h1-14,27-28H. The average molecular weight is 377 g/mol. The monoisotopic (exact) mass is 377 g/mol. The minimum Gasteiger partial charge on any atom is -0.455 e. The molecule has 0 saturated heterocycles. The van der Waals surface area contributed by atoms with Crippen molar-refractivity contribution in [3.05, 3.63) is 84.9 Å². The number of hydrogen-bond acceptors (Lipinski definition) is 3. The first-order chi connectivity index (χ1) is 14.2. The Hall–Kier alpha value is -3.54. The van der Waals surface area contributed by atoms with Gasteiger partial charge in [0.05, 0.1) is 16.4 Å². The van der Waals surface area contributed by atoms with Crippen LogP contribution >= 0.6 is 0 Å². The summed E-state index contributed by atoms with van der Waals surface area (Å²) in [7, 11) is -1.52. The summed E-state index contributed by atoms with van der Waals surface area (Å²) in [5.41, 5.74) is 5.09. The number of rotatable bonds is 2. The number of nitrogens with zero attached hydrogens (tertiary/aromatic N) is 1. The zero-order chi connectivity index (χ0) is 19.5. The third-order valence-corrected chi connectivity index (χ3v) is 5.61. The minimum atomic E-state index is -1.52. The summed E-state index contributed by atoms with van der Waals surface area (Å²) >= 11 is 0. The van der Waals surface area contributed by atoms with Gasteiger partial charge >= 0.3 is 7.12 Å². The lowest BCUT2D eigenvalue weighted by Crippen LogP contribution is -2.29. The van der Waals surface area contributed by atoms with Crippen LogP contribution in [0.15, 0.2) is 89.3 Å². The van der Waals surface area contributed by atoms with E-state index < -0.39 is 7.12 Å². The second-order valence-corrected chi connectivity index (χ2v) is 7.26. The molecule has 2 heterocycles. The zero-order valence-electron chi connectivity index (χ0n) is 15.4. The molecule has 2 N–H and O–H groups in total. The molecule has 0 fully saturated rings. The summed E-state index contributed by atoms with van der Waals surface area (Å²) in [5.74, 6) is 0. The smallest absolute Gasteiger partial charge is 0.455 e. The Morgan fingerprint density at radius 2 is 1.45 bits per heavy atom. The average Bonchev–Trinajstić information content (AvgIpc) is 3.29. The lowest BCUT2D eigenvalue weighted by molar-refractivity contribution is 0.426. The summed E-state index contributed by atoms with van der Waals surface area (Å²) in [5, 5.41) is 23.6. The first kappa shape index (κ1) is 16.4. The summed E-state index contributed by atoms with van der Waals surface area (Å²) < 4.78 is 8.43. The van der Waals surface area contributed by atoms with Crippen molar-refractivity contribution in [2.75, 3.05) is 0 Å². The Morgan fingerprint density at radius 1 is 0.690 bits per heavy atom. The van der Waals surface area contributed by atoms with E-state index >= 15 is 0 Å². The molecule has 5 heteroatoms. The van der Waals surface area contributed by atoms with Crippen LogP contribution < -0.4 is 5.46 Å². The topological polar surface area (TPSA) is 58.5 Å². The van der Waals surface area contributed by atoms with Gasteiger partial charge in [0.2, 0.25) is 0 Å². The fourth-order valence-corrected chi connectivity index (χ4v) is 4.32. The van der Waals surface area contributed by atoms with Crippen molar-refractivity contribution in [2.45, 2.75) is 0 Å². The van der Waals surface area contributed by atoms with Gasteiger partial charge in [-0.3, -0.25) is 0 Å². The van der Waals surface area contributed by atoms with Crippen molar-refractivity contribution in [1.29, 1.82) is 0 Å². The van der Waals surface area contributed by atoms with Gasteiger partial charge in [-0.05, 0) is 41.9 Å². The Morgan fingerprint density at radius 3 is 2.28 bits per heavy atom. The van der Waals surface area contributed by atoms with Gasteiger partial charge in [0, 0.05) is 21.8 Å². The van der Waals surface area contributed by atoms with Gasteiger partial charge < -0.3 is 19.0 Å². The van der Waals surface area contributed by atoms with Crippen molar-refractivity contribution in [2.24, 2.45) is 0 Å². The van der Waals surface area contributed by atoms with Gasteiger partial charge in [-0.1, -0.05) is 48.5 Å². The second-order valence-electron chi connectivity index (χ2n) is 7.26. The Balaban J connectivity index is 1.85. The molecule has 4 nitrogen and oxygen atoms in total. The number of benzene rings is 4. The van der Waals surface area contributed by atoms with E-state index in [1.165, 1.54) is 0 Å². The van der Waals surface area contributed by atoms with Crippen molar-refractivity contribution >= 4 is 56.3 Å². The highest BCUT2D eigenvalue weighted by atomic mass is 16.4. The van der Waals surface area contributed by atoms with Gasteiger partial charge in [-0.25, -0.2) is 0 Å². The van der Waals surface area contributed by atoms with Crippen LogP contribution in [0.2, 0.25) is 0 Å². The molecule has 0 spiro atoms. The van der Waals surface area contributed by atoms with E-state index in [0.29, 0.717) is 5.46 Å². The highest BCUT2D eigenvalue weighted by Gasteiger charge is 2.20. The summed E-state index contributed by atoms with van der Waals surface area (Å²) in [6.45, 7) is 0. The molecule has 0 aliphatic heterocycles. The Labute approximate surface area is 166 Å². The third-order valence-electron chi connectivity index (χ3n) is 5.61. The van der Waals surface area contributed by atoms with E-state index in [0.717, 1.165) is 49.4 Å². The molecular formula is C24H16BNO3. The van der Waals surface area contributed by atoms with Crippen LogP contribution in [-0.4, -0.2) is 21.7 Å². The van der Waals surface area contributed by atoms with Crippen LogP contribution in [0.5, 0.6) is 0 Å². The summed E-state index contributed by atoms with van der Waals surface area (Å²) in [4.78, 5) is 0. The quantitative estimate of drug-likeness (QED) is 0.441. The molecule has 138 valence electrons. The first-order valence-electron chi connectivity index (χ1n) is 9.52. The van der Waals surface area contributed by atoms with Gasteiger partial charge in [-0.2, -0.15) is 0 Å². The largest absolute Gasteiger partial charge is 0.488 e. The van der Waals surface area contributed by atoms with Gasteiger partial charge in [-0.15, -0.1) is 0 Å². The normalized spacial score (nSPS) is 11.8. The molecule has 2 aromatic heterocycles. The molecule has 6 aromatic rings. The highest BCUT2D eigenvalue weighted by Crippen LogP contribution is 2.40. The van der Waals surface area contributed by atoms with E-state index in [2.05, 4.69) is 22.8 Å². The third kappa shape index (κ3) is 2.29. The molecular weight excluding hydrogens is 361 g/mol. The predicted octanol–water partition coefficient (Wildman–Crippen LogP) is 4.36. The van der Waals surface area contributed by atoms with Crippen LogP contribution in [-0.2, 0) is 0 Å². The van der Waals surface area contributed by atoms with Crippen LogP contribution in [0.25, 0.3) is 49.4 Å². The molecule has 0 aliphatic carbocycles. The van der Waals surface area contributed by atoms with Gasteiger partial charge in [0.25, 0.3) is 0 Å². The van der Waals surface area contributed by atoms with Crippen molar-refractivity contribution in [1.82, 2.24) is 4.57 Å². The van der Waals surface area contributed by atoms with Crippen molar-refractivity contribution in [3.63, 3.8) is 0 Å². The lowest BCUT2D eigenvalue weighted by atomic mass is 9.80. The highest BCUT2D eigenvalue weighted by molar-refractivity contribution is 6.59. The molecule has 0 radical (unpaired) electrons. The number of aromatic nitrogens is 1. The number of fused-ring (bicyclic) bond motifs is 7. The number of furan rings is 1. The molecule has 6 rings (SSSR count). The molecule has 0 aliphatic rings. The predicted molar refractivity (Wildman–Crippen MR) is 118 cm³/mol. The zero-order valence-corrected chi connectivity index (χ0v) is 15.4. The van der Waals surface area contributed by atoms with Gasteiger partial charge in [0.1, 0.15) is 11.2 Å². The second kappa shape index (κ2) is 5.98. The number of hydrogen-bond donors (Lipinski definition) is 2. The Kier molecular flexibility index (Phi) is 3.39. The first-order valence-corrected chi connectivity index (χ1v) is 9.52. The van der Waals surface area contributed by atoms with Crippen LogP contribution in [0, 0.1) is 0 Å². The van der Waals surface area contributed by atoms with E-state index in [1.54, 1.807) is 6.07 Å². The molecule has 4 aromatic carbocycles. The lowest BCUT2D eigenvalue weighted by Gasteiger charge is -2.08. The molecule has 0 bridgehead atoms. The van der Waals surface area contributed by atoms with Crippen LogP contribution in [0.3, 0.4) is 0 Å². The summed E-state index contributed by atoms with van der Waals surface area (Å²) in [6, 6.07) is 27.9. The van der Waals surface area contributed by atoms with Crippen LogP contribution in [0.1, 0.15) is 0 Å². The van der Waals surface area contributed by atoms with E-state index in [-0.39, 0.29) is 0 Å². The van der Waals surface area contributed by atoms with Crippen molar-refractivity contribution < 1.29 is 14.5 Å². The fourth-order valence-electron chi connectivity index (χ4n) is 4.32. The van der Waals surface area contributed by atoms with E-state index in [1.807, 2.05) is 60.7 Å². The van der Waals surface area contributed by atoms with Crippen molar-refractivity contribution in [3.8, 4) is 5.69 Å². The molecule has 0 amide bonds. The fraction of sp³-hybridized carbons (Fsp3) is 0.